The predicted octanol–water partition coefficient (Wildman–Crippen LogP) is 3.59. The number of carbonyl (C=O) groups excluding carboxylic acids is 1. The molecule has 0 saturated carbocycles. The molecular formula is C18H22N2O3. The summed E-state index contributed by atoms with van der Waals surface area (Å²) in [4.78, 5) is 11.8. The molecule has 2 aromatic rings. The molecule has 2 amide bonds. The third-order valence-corrected chi connectivity index (χ3v) is 3.31. The van der Waals surface area contributed by atoms with Gasteiger partial charge in [-0.3, -0.25) is 0 Å². The normalized spacial score (nSPS) is 10.0. The highest BCUT2D eigenvalue weighted by Crippen LogP contribution is 2.22. The zero-order chi connectivity index (χ0) is 16.5. The molecule has 0 saturated heterocycles. The van der Waals surface area contributed by atoms with Gasteiger partial charge >= 0.3 is 6.03 Å². The Morgan fingerprint density at radius 3 is 2.48 bits per heavy atom. The standard InChI is InChI=1S/C18H22N2O3/c1-14-8-3-5-10-16(14)23-13-7-12-19-18(21)20-15-9-4-6-11-17(15)22-2/h3-6,8-11H,7,12-13H2,1-2H3,(H2,19,20,21). The maximum absolute atomic E-state index is 11.8. The van der Waals surface area contributed by atoms with Gasteiger partial charge in [0, 0.05) is 6.54 Å². The number of methoxy groups -OCH3 is 1. The van der Waals surface area contributed by atoms with E-state index in [4.69, 9.17) is 9.47 Å². The predicted molar refractivity (Wildman–Crippen MR) is 91.3 cm³/mol. The number of para-hydroxylation sites is 3. The Kier molecular flexibility index (Phi) is 6.29. The molecule has 0 aromatic heterocycles. The molecule has 2 N–H and O–H groups in total. The van der Waals surface area contributed by atoms with Crippen LogP contribution < -0.4 is 20.1 Å². The van der Waals surface area contributed by atoms with Gasteiger partial charge in [0.05, 0.1) is 19.4 Å². The van der Waals surface area contributed by atoms with Crippen molar-refractivity contribution in [3.05, 3.63) is 54.1 Å². The topological polar surface area (TPSA) is 59.6 Å². The highest BCUT2D eigenvalue weighted by molar-refractivity contribution is 5.90. The van der Waals surface area contributed by atoms with Crippen molar-refractivity contribution in [3.8, 4) is 11.5 Å². The molecule has 122 valence electrons. The van der Waals surface area contributed by atoms with Crippen LogP contribution in [-0.2, 0) is 0 Å². The minimum absolute atomic E-state index is 0.259. The van der Waals surface area contributed by atoms with Crippen molar-refractivity contribution >= 4 is 11.7 Å². The van der Waals surface area contributed by atoms with Crippen LogP contribution in [0.1, 0.15) is 12.0 Å². The average molecular weight is 314 g/mol. The van der Waals surface area contributed by atoms with Crippen molar-refractivity contribution in [2.45, 2.75) is 13.3 Å². The minimum atomic E-state index is -0.259. The van der Waals surface area contributed by atoms with Gasteiger partial charge in [-0.25, -0.2) is 4.79 Å². The third kappa shape index (κ3) is 5.21. The average Bonchev–Trinajstić information content (AvgIpc) is 2.56. The van der Waals surface area contributed by atoms with Crippen LogP contribution in [0, 0.1) is 6.92 Å². The van der Waals surface area contributed by atoms with E-state index < -0.39 is 0 Å². The highest BCUT2D eigenvalue weighted by Gasteiger charge is 2.05. The zero-order valence-corrected chi connectivity index (χ0v) is 13.5. The number of hydrogen-bond acceptors (Lipinski definition) is 3. The summed E-state index contributed by atoms with van der Waals surface area (Å²) < 4.78 is 10.9. The van der Waals surface area contributed by atoms with Crippen LogP contribution in [0.5, 0.6) is 11.5 Å². The fraction of sp³-hybridized carbons (Fsp3) is 0.278. The number of nitrogens with one attached hydrogen (secondary N) is 2. The smallest absolute Gasteiger partial charge is 0.319 e. The van der Waals surface area contributed by atoms with Crippen molar-refractivity contribution < 1.29 is 14.3 Å². The zero-order valence-electron chi connectivity index (χ0n) is 13.5. The van der Waals surface area contributed by atoms with E-state index in [1.54, 1.807) is 19.2 Å². The van der Waals surface area contributed by atoms with Gasteiger partial charge < -0.3 is 20.1 Å². The van der Waals surface area contributed by atoms with E-state index in [1.807, 2.05) is 43.3 Å². The van der Waals surface area contributed by atoms with Crippen LogP contribution >= 0.6 is 0 Å². The van der Waals surface area contributed by atoms with Gasteiger partial charge in [-0.15, -0.1) is 0 Å². The van der Waals surface area contributed by atoms with Crippen LogP contribution in [0.25, 0.3) is 0 Å². The quantitative estimate of drug-likeness (QED) is 0.768. The lowest BCUT2D eigenvalue weighted by Crippen LogP contribution is -2.30. The summed E-state index contributed by atoms with van der Waals surface area (Å²) in [6.45, 7) is 3.10. The Bertz CT molecular complexity index is 644. The van der Waals surface area contributed by atoms with Gasteiger partial charge in [0.2, 0.25) is 0 Å². The molecular weight excluding hydrogens is 292 g/mol. The second-order valence-corrected chi connectivity index (χ2v) is 5.05. The molecule has 23 heavy (non-hydrogen) atoms. The summed E-state index contributed by atoms with van der Waals surface area (Å²) in [7, 11) is 1.57. The third-order valence-electron chi connectivity index (χ3n) is 3.31. The van der Waals surface area contributed by atoms with Crippen LogP contribution in [0.3, 0.4) is 0 Å². The lowest BCUT2D eigenvalue weighted by atomic mass is 10.2. The summed E-state index contributed by atoms with van der Waals surface area (Å²) >= 11 is 0. The van der Waals surface area contributed by atoms with Crippen LogP contribution in [0.4, 0.5) is 10.5 Å². The van der Waals surface area contributed by atoms with E-state index >= 15 is 0 Å². The van der Waals surface area contributed by atoms with Gasteiger partial charge in [-0.1, -0.05) is 30.3 Å². The second kappa shape index (κ2) is 8.68. The molecule has 0 heterocycles. The van der Waals surface area contributed by atoms with E-state index in [-0.39, 0.29) is 6.03 Å². The first kappa shape index (κ1) is 16.7. The van der Waals surface area contributed by atoms with E-state index in [2.05, 4.69) is 10.6 Å². The Morgan fingerprint density at radius 2 is 1.74 bits per heavy atom. The first-order valence-corrected chi connectivity index (χ1v) is 7.57. The van der Waals surface area contributed by atoms with Crippen LogP contribution in [0.2, 0.25) is 0 Å². The molecule has 0 radical (unpaired) electrons. The largest absolute Gasteiger partial charge is 0.495 e. The molecule has 2 rings (SSSR count). The first-order chi connectivity index (χ1) is 11.2. The first-order valence-electron chi connectivity index (χ1n) is 7.57. The molecule has 2 aromatic carbocycles. The van der Waals surface area contributed by atoms with Gasteiger partial charge in [0.25, 0.3) is 0 Å². The van der Waals surface area contributed by atoms with E-state index in [1.165, 1.54) is 0 Å². The lowest BCUT2D eigenvalue weighted by molar-refractivity contribution is 0.250. The van der Waals surface area contributed by atoms with Crippen LogP contribution in [-0.4, -0.2) is 26.3 Å². The van der Waals surface area contributed by atoms with E-state index in [0.717, 1.165) is 17.7 Å². The molecule has 0 unspecified atom stereocenters. The SMILES string of the molecule is COc1ccccc1NC(=O)NCCCOc1ccccc1C. The Hall–Kier alpha value is -2.69. The summed E-state index contributed by atoms with van der Waals surface area (Å²) in [5.74, 6) is 1.51. The van der Waals surface area contributed by atoms with Gasteiger partial charge in [-0.05, 0) is 37.1 Å². The highest BCUT2D eigenvalue weighted by atomic mass is 16.5. The summed E-state index contributed by atoms with van der Waals surface area (Å²) in [6, 6.07) is 14.9. The fourth-order valence-electron chi connectivity index (χ4n) is 2.09. The monoisotopic (exact) mass is 314 g/mol. The van der Waals surface area contributed by atoms with E-state index in [9.17, 15) is 4.79 Å². The number of hydrogen-bond donors (Lipinski definition) is 2. The number of benzene rings is 2. The number of amides is 2. The number of ether oxygens (including phenoxy) is 2. The van der Waals surface area contributed by atoms with Gasteiger partial charge in [-0.2, -0.15) is 0 Å². The van der Waals surface area contributed by atoms with E-state index in [0.29, 0.717) is 24.6 Å². The lowest BCUT2D eigenvalue weighted by Gasteiger charge is -2.11. The van der Waals surface area contributed by atoms with Crippen molar-refractivity contribution in [3.63, 3.8) is 0 Å². The van der Waals surface area contributed by atoms with Crippen LogP contribution in [0.15, 0.2) is 48.5 Å². The Labute approximate surface area is 136 Å². The molecule has 0 bridgehead atoms. The Balaban J connectivity index is 1.68. The van der Waals surface area contributed by atoms with Crippen molar-refractivity contribution in [1.82, 2.24) is 5.32 Å². The second-order valence-electron chi connectivity index (χ2n) is 5.05. The minimum Gasteiger partial charge on any atom is -0.495 e. The molecule has 0 aliphatic carbocycles. The fourth-order valence-corrected chi connectivity index (χ4v) is 2.09. The summed E-state index contributed by atoms with van der Waals surface area (Å²) in [6.07, 6.45) is 0.730. The summed E-state index contributed by atoms with van der Waals surface area (Å²) in [5.41, 5.74) is 1.75. The van der Waals surface area contributed by atoms with Gasteiger partial charge in [0.15, 0.2) is 0 Å². The molecule has 5 nitrogen and oxygen atoms in total. The number of rotatable bonds is 7. The molecule has 0 aliphatic rings. The maximum atomic E-state index is 11.8. The number of carbonyl (C=O) groups is 1. The number of aryl methyl sites for hydroxylation is 1. The summed E-state index contributed by atoms with van der Waals surface area (Å²) in [5, 5.41) is 5.56. The molecule has 0 atom stereocenters. The molecule has 5 heteroatoms. The molecule has 0 spiro atoms. The Morgan fingerprint density at radius 1 is 1.04 bits per heavy atom. The number of anilines is 1. The molecule has 0 fully saturated rings. The molecule has 0 aliphatic heterocycles. The van der Waals surface area contributed by atoms with Crippen molar-refractivity contribution in [1.29, 1.82) is 0 Å². The van der Waals surface area contributed by atoms with Crippen molar-refractivity contribution in [2.24, 2.45) is 0 Å². The van der Waals surface area contributed by atoms with Crippen molar-refractivity contribution in [2.75, 3.05) is 25.6 Å². The maximum Gasteiger partial charge on any atom is 0.319 e. The van der Waals surface area contributed by atoms with Gasteiger partial charge in [0.1, 0.15) is 11.5 Å². The number of urea groups is 1.